The molecule has 0 aliphatic carbocycles. The average Bonchev–Trinajstić information content (AvgIpc) is 2.12. The molecule has 1 amide bonds. The van der Waals surface area contributed by atoms with Gasteiger partial charge < -0.3 is 4.98 Å². The number of nitrogens with zero attached hydrogens (tertiary/aromatic N) is 1. The van der Waals surface area contributed by atoms with Crippen LogP contribution in [0.4, 0.5) is 0 Å². The van der Waals surface area contributed by atoms with E-state index in [1.54, 1.807) is 6.92 Å². The Bertz CT molecular complexity index is 390. The van der Waals surface area contributed by atoms with E-state index in [4.69, 9.17) is 5.84 Å². The van der Waals surface area contributed by atoms with Crippen LogP contribution in [-0.4, -0.2) is 21.6 Å². The molecule has 0 fully saturated rings. The molecule has 0 spiro atoms. The number of nitrogens with one attached hydrogen (secondary N) is 2. The number of aromatic amines is 1. The summed E-state index contributed by atoms with van der Waals surface area (Å²) in [5.74, 6) is 4.70. The number of aryl methyl sites for hydroxylation is 1. The van der Waals surface area contributed by atoms with Gasteiger partial charge in [-0.25, -0.2) is 10.8 Å². The Balaban J connectivity index is 2.68. The third kappa shape index (κ3) is 3.19. The van der Waals surface area contributed by atoms with E-state index < -0.39 is 0 Å². The molecule has 0 aliphatic heterocycles. The zero-order valence-corrected chi connectivity index (χ0v) is 8.35. The van der Waals surface area contributed by atoms with Crippen LogP contribution in [0.3, 0.4) is 0 Å². The van der Waals surface area contributed by atoms with Crippen LogP contribution in [0.1, 0.15) is 5.69 Å². The van der Waals surface area contributed by atoms with Gasteiger partial charge in [-0.05, 0) is 6.92 Å². The SMILES string of the molecule is Cc1cc(=O)[nH]c(SCC(=O)NN)n1. The molecule has 0 bridgehead atoms. The van der Waals surface area contributed by atoms with Gasteiger partial charge in [0, 0.05) is 11.8 Å². The number of hydrazine groups is 1. The first-order valence-corrected chi connectivity index (χ1v) is 4.80. The van der Waals surface area contributed by atoms with Crippen molar-refractivity contribution in [1.82, 2.24) is 15.4 Å². The summed E-state index contributed by atoms with van der Waals surface area (Å²) in [5, 5.41) is 0.415. The molecule has 1 aromatic heterocycles. The molecule has 6 nitrogen and oxygen atoms in total. The van der Waals surface area contributed by atoms with Crippen LogP contribution in [0.15, 0.2) is 16.0 Å². The summed E-state index contributed by atoms with van der Waals surface area (Å²) in [5.41, 5.74) is 2.37. The number of rotatable bonds is 3. The van der Waals surface area contributed by atoms with Crippen molar-refractivity contribution < 1.29 is 4.79 Å². The lowest BCUT2D eigenvalue weighted by Crippen LogP contribution is -2.31. The van der Waals surface area contributed by atoms with E-state index in [0.717, 1.165) is 11.8 Å². The van der Waals surface area contributed by atoms with E-state index >= 15 is 0 Å². The summed E-state index contributed by atoms with van der Waals surface area (Å²) < 4.78 is 0. The maximum atomic E-state index is 11.0. The van der Waals surface area contributed by atoms with Crippen LogP contribution >= 0.6 is 11.8 Å². The molecule has 7 heteroatoms. The van der Waals surface area contributed by atoms with E-state index in [9.17, 15) is 9.59 Å². The minimum atomic E-state index is -0.320. The van der Waals surface area contributed by atoms with E-state index in [0.29, 0.717) is 10.9 Å². The molecule has 1 aromatic rings. The van der Waals surface area contributed by atoms with Crippen molar-refractivity contribution in [1.29, 1.82) is 0 Å². The fourth-order valence-corrected chi connectivity index (χ4v) is 1.53. The number of carbonyl (C=O) groups excluding carboxylic acids is 1. The summed E-state index contributed by atoms with van der Waals surface area (Å²) in [4.78, 5) is 28.3. The third-order valence-electron chi connectivity index (χ3n) is 1.35. The van der Waals surface area contributed by atoms with Crippen LogP contribution in [0.25, 0.3) is 0 Å². The second kappa shape index (κ2) is 4.77. The lowest BCUT2D eigenvalue weighted by atomic mass is 10.5. The highest BCUT2D eigenvalue weighted by atomic mass is 32.2. The molecular formula is C7H10N4O2S. The number of hydrogen-bond acceptors (Lipinski definition) is 5. The van der Waals surface area contributed by atoms with Gasteiger partial charge in [0.1, 0.15) is 0 Å². The zero-order chi connectivity index (χ0) is 10.6. The lowest BCUT2D eigenvalue weighted by molar-refractivity contribution is -0.118. The Kier molecular flexibility index (Phi) is 3.66. The van der Waals surface area contributed by atoms with E-state index in [2.05, 4.69) is 9.97 Å². The van der Waals surface area contributed by atoms with Crippen molar-refractivity contribution >= 4 is 17.7 Å². The van der Waals surface area contributed by atoms with Crippen LogP contribution in [-0.2, 0) is 4.79 Å². The monoisotopic (exact) mass is 214 g/mol. The smallest absolute Gasteiger partial charge is 0.251 e. The van der Waals surface area contributed by atoms with Gasteiger partial charge in [-0.3, -0.25) is 15.0 Å². The minimum Gasteiger partial charge on any atom is -0.301 e. The van der Waals surface area contributed by atoms with Crippen molar-refractivity contribution in [3.63, 3.8) is 0 Å². The topological polar surface area (TPSA) is 101 Å². The van der Waals surface area contributed by atoms with E-state index in [1.807, 2.05) is 5.43 Å². The Morgan fingerprint density at radius 3 is 3.07 bits per heavy atom. The average molecular weight is 214 g/mol. The molecule has 0 atom stereocenters. The van der Waals surface area contributed by atoms with Crippen molar-refractivity contribution in [3.05, 3.63) is 22.1 Å². The number of aromatic nitrogens is 2. The Morgan fingerprint density at radius 2 is 2.50 bits per heavy atom. The third-order valence-corrected chi connectivity index (χ3v) is 2.22. The molecule has 0 saturated carbocycles. The van der Waals surface area contributed by atoms with Crippen molar-refractivity contribution in [2.45, 2.75) is 12.1 Å². The fraction of sp³-hybridized carbons (Fsp3) is 0.286. The van der Waals surface area contributed by atoms with E-state index in [1.165, 1.54) is 6.07 Å². The minimum absolute atomic E-state index is 0.128. The molecule has 1 rings (SSSR count). The Hall–Kier alpha value is -1.34. The predicted molar refractivity (Wildman–Crippen MR) is 52.6 cm³/mol. The standard InChI is InChI=1S/C7H10N4O2S/c1-4-2-5(12)10-7(9-4)14-3-6(13)11-8/h2H,3,8H2,1H3,(H,11,13)(H,9,10,12). The molecule has 14 heavy (non-hydrogen) atoms. The fourth-order valence-electron chi connectivity index (χ4n) is 0.796. The number of nitrogens with two attached hydrogens (primary N) is 1. The Labute approximate surface area is 84.3 Å². The summed E-state index contributed by atoms with van der Waals surface area (Å²) in [6, 6.07) is 1.38. The lowest BCUT2D eigenvalue weighted by Gasteiger charge is -2.00. The van der Waals surface area contributed by atoms with Crippen molar-refractivity contribution in [2.75, 3.05) is 5.75 Å². The van der Waals surface area contributed by atoms with Gasteiger partial charge >= 0.3 is 0 Å². The molecule has 0 aliphatic rings. The molecule has 0 saturated heterocycles. The van der Waals surface area contributed by atoms with Crippen LogP contribution in [0.5, 0.6) is 0 Å². The number of amides is 1. The van der Waals surface area contributed by atoms with Gasteiger partial charge in [0.05, 0.1) is 5.75 Å². The van der Waals surface area contributed by atoms with E-state index in [-0.39, 0.29) is 17.2 Å². The Morgan fingerprint density at radius 1 is 1.79 bits per heavy atom. The van der Waals surface area contributed by atoms with Gasteiger partial charge in [0.25, 0.3) is 5.56 Å². The van der Waals surface area contributed by atoms with Crippen LogP contribution < -0.4 is 16.8 Å². The zero-order valence-electron chi connectivity index (χ0n) is 7.53. The molecule has 0 unspecified atom stereocenters. The molecular weight excluding hydrogens is 204 g/mol. The summed E-state index contributed by atoms with van der Waals surface area (Å²) in [7, 11) is 0. The second-order valence-corrected chi connectivity index (χ2v) is 3.51. The summed E-state index contributed by atoms with van der Waals surface area (Å²) >= 11 is 1.12. The van der Waals surface area contributed by atoms with Crippen LogP contribution in [0.2, 0.25) is 0 Å². The molecule has 0 radical (unpaired) electrons. The van der Waals surface area contributed by atoms with Crippen molar-refractivity contribution in [2.24, 2.45) is 5.84 Å². The highest BCUT2D eigenvalue weighted by Gasteiger charge is 2.03. The number of hydrogen-bond donors (Lipinski definition) is 3. The predicted octanol–water partition coefficient (Wildman–Crippen LogP) is -0.840. The maximum Gasteiger partial charge on any atom is 0.251 e. The first-order chi connectivity index (χ1) is 6.61. The van der Waals surface area contributed by atoms with Gasteiger partial charge in [-0.15, -0.1) is 0 Å². The summed E-state index contributed by atoms with van der Waals surface area (Å²) in [6.07, 6.45) is 0. The first-order valence-electron chi connectivity index (χ1n) is 3.82. The number of carbonyl (C=O) groups is 1. The highest BCUT2D eigenvalue weighted by Crippen LogP contribution is 2.09. The van der Waals surface area contributed by atoms with Gasteiger partial charge in [-0.2, -0.15) is 0 Å². The molecule has 76 valence electrons. The molecule has 0 aromatic carbocycles. The summed E-state index contributed by atoms with van der Waals surface area (Å²) in [6.45, 7) is 1.71. The van der Waals surface area contributed by atoms with Crippen LogP contribution in [0, 0.1) is 6.92 Å². The normalized spacial score (nSPS) is 9.86. The van der Waals surface area contributed by atoms with Gasteiger partial charge in [0.15, 0.2) is 5.16 Å². The largest absolute Gasteiger partial charge is 0.301 e. The maximum absolute atomic E-state index is 11.0. The van der Waals surface area contributed by atoms with Gasteiger partial charge in [0.2, 0.25) is 5.91 Å². The first kappa shape index (κ1) is 10.7. The number of thioether (sulfide) groups is 1. The quantitative estimate of drug-likeness (QED) is 0.200. The molecule has 1 heterocycles. The second-order valence-electron chi connectivity index (χ2n) is 2.55. The van der Waals surface area contributed by atoms with Gasteiger partial charge in [-0.1, -0.05) is 11.8 Å². The van der Waals surface area contributed by atoms with Crippen molar-refractivity contribution in [3.8, 4) is 0 Å². The number of H-pyrrole nitrogens is 1. The highest BCUT2D eigenvalue weighted by molar-refractivity contribution is 7.99. The molecule has 4 N–H and O–H groups in total.